The van der Waals surface area contributed by atoms with Crippen LogP contribution in [-0.2, 0) is 0 Å². The minimum atomic E-state index is -0.141. The predicted molar refractivity (Wildman–Crippen MR) is 69.5 cm³/mol. The lowest BCUT2D eigenvalue weighted by atomic mass is 9.88. The van der Waals surface area contributed by atoms with Gasteiger partial charge >= 0.3 is 5.69 Å². The monoisotopic (exact) mass is 253 g/mol. The Balaban J connectivity index is 2.72. The first-order valence-electron chi connectivity index (χ1n) is 5.56. The Morgan fingerprint density at radius 2 is 2.12 bits per heavy atom. The number of hydrogen-bond donors (Lipinski definition) is 1. The molecule has 0 radical (unpaired) electrons. The second-order valence-electron chi connectivity index (χ2n) is 5.36. The number of aromatic amines is 1. The highest BCUT2D eigenvalue weighted by atomic mass is 35.5. The molecule has 0 saturated carbocycles. The van der Waals surface area contributed by atoms with E-state index in [9.17, 15) is 4.79 Å². The Morgan fingerprint density at radius 1 is 1.47 bits per heavy atom. The molecule has 5 heteroatoms. The van der Waals surface area contributed by atoms with Gasteiger partial charge in [0, 0.05) is 12.2 Å². The number of H-pyrrole nitrogens is 1. The van der Waals surface area contributed by atoms with Gasteiger partial charge in [-0.15, -0.1) is 0 Å². The zero-order valence-electron chi connectivity index (χ0n) is 10.4. The fourth-order valence-electron chi connectivity index (χ4n) is 1.75. The molecule has 1 unspecified atom stereocenters. The van der Waals surface area contributed by atoms with Crippen LogP contribution in [0.3, 0.4) is 0 Å². The van der Waals surface area contributed by atoms with Gasteiger partial charge in [0.15, 0.2) is 5.65 Å². The summed E-state index contributed by atoms with van der Waals surface area (Å²) in [5.74, 6) is 0. The maximum absolute atomic E-state index is 12.0. The molecule has 0 spiro atoms. The van der Waals surface area contributed by atoms with Crippen molar-refractivity contribution in [2.24, 2.45) is 5.41 Å². The molecule has 17 heavy (non-hydrogen) atoms. The van der Waals surface area contributed by atoms with E-state index in [1.807, 2.05) is 6.92 Å². The normalized spacial score (nSPS) is 14.2. The Morgan fingerprint density at radius 3 is 2.71 bits per heavy atom. The van der Waals surface area contributed by atoms with Crippen molar-refractivity contribution >= 4 is 22.8 Å². The van der Waals surface area contributed by atoms with Crippen molar-refractivity contribution in [2.75, 3.05) is 0 Å². The van der Waals surface area contributed by atoms with Crippen molar-refractivity contribution in [3.05, 3.63) is 27.8 Å². The molecule has 0 fully saturated rings. The van der Waals surface area contributed by atoms with Gasteiger partial charge in [0.2, 0.25) is 0 Å². The van der Waals surface area contributed by atoms with Crippen LogP contribution in [0.15, 0.2) is 17.1 Å². The summed E-state index contributed by atoms with van der Waals surface area (Å²) < 4.78 is 1.72. The number of imidazole rings is 1. The molecular formula is C12H16ClN3O. The Labute approximate surface area is 105 Å². The molecule has 0 aliphatic carbocycles. The van der Waals surface area contributed by atoms with Crippen molar-refractivity contribution in [1.82, 2.24) is 14.5 Å². The maximum atomic E-state index is 12.0. The van der Waals surface area contributed by atoms with E-state index in [-0.39, 0.29) is 17.1 Å². The molecule has 0 bridgehead atoms. The summed E-state index contributed by atoms with van der Waals surface area (Å²) in [7, 11) is 0. The highest BCUT2D eigenvalue weighted by Crippen LogP contribution is 2.31. The lowest BCUT2D eigenvalue weighted by Gasteiger charge is -2.28. The van der Waals surface area contributed by atoms with Crippen molar-refractivity contribution in [1.29, 1.82) is 0 Å². The van der Waals surface area contributed by atoms with Gasteiger partial charge in [-0.2, -0.15) is 0 Å². The van der Waals surface area contributed by atoms with Crippen molar-refractivity contribution < 1.29 is 0 Å². The number of halogens is 1. The minimum Gasteiger partial charge on any atom is -0.290 e. The van der Waals surface area contributed by atoms with Crippen LogP contribution in [-0.4, -0.2) is 14.5 Å². The van der Waals surface area contributed by atoms with Gasteiger partial charge in [-0.25, -0.2) is 9.78 Å². The highest BCUT2D eigenvalue weighted by Gasteiger charge is 2.25. The number of fused-ring (bicyclic) bond motifs is 1. The molecule has 2 heterocycles. The zero-order chi connectivity index (χ0) is 12.8. The zero-order valence-corrected chi connectivity index (χ0v) is 11.2. The molecule has 2 rings (SSSR count). The van der Waals surface area contributed by atoms with E-state index < -0.39 is 0 Å². The number of hydrogen-bond acceptors (Lipinski definition) is 2. The predicted octanol–water partition coefficient (Wildman–Crippen LogP) is 2.99. The Hall–Kier alpha value is -1.29. The largest absolute Gasteiger partial charge is 0.327 e. The van der Waals surface area contributed by atoms with Crippen molar-refractivity contribution in [3.63, 3.8) is 0 Å². The van der Waals surface area contributed by atoms with Crippen LogP contribution in [0.1, 0.15) is 33.7 Å². The first kappa shape index (κ1) is 12.2. The van der Waals surface area contributed by atoms with Crippen molar-refractivity contribution in [3.8, 4) is 0 Å². The third-order valence-corrected chi connectivity index (χ3v) is 3.39. The first-order chi connectivity index (χ1) is 7.80. The van der Waals surface area contributed by atoms with Gasteiger partial charge in [0.1, 0.15) is 0 Å². The summed E-state index contributed by atoms with van der Waals surface area (Å²) in [6, 6.07) is 1.83. The van der Waals surface area contributed by atoms with E-state index in [4.69, 9.17) is 11.6 Å². The van der Waals surface area contributed by atoms with Crippen LogP contribution >= 0.6 is 11.6 Å². The van der Waals surface area contributed by atoms with Crippen molar-refractivity contribution in [2.45, 2.75) is 33.7 Å². The van der Waals surface area contributed by atoms with Crippen LogP contribution in [0, 0.1) is 5.41 Å². The molecule has 2 aromatic heterocycles. The van der Waals surface area contributed by atoms with E-state index in [2.05, 4.69) is 30.7 Å². The number of rotatable bonds is 1. The molecule has 0 aromatic carbocycles. The maximum Gasteiger partial charge on any atom is 0.327 e. The van der Waals surface area contributed by atoms with Gasteiger partial charge in [0.05, 0.1) is 10.5 Å². The van der Waals surface area contributed by atoms with E-state index in [1.165, 1.54) is 6.20 Å². The van der Waals surface area contributed by atoms with Crippen LogP contribution in [0.2, 0.25) is 5.02 Å². The summed E-state index contributed by atoms with van der Waals surface area (Å²) >= 11 is 5.93. The van der Waals surface area contributed by atoms with Crippen LogP contribution in [0.5, 0.6) is 0 Å². The van der Waals surface area contributed by atoms with Gasteiger partial charge in [-0.1, -0.05) is 32.4 Å². The fraction of sp³-hybridized carbons (Fsp3) is 0.500. The fourth-order valence-corrected chi connectivity index (χ4v) is 1.90. The molecule has 0 aliphatic heterocycles. The van der Waals surface area contributed by atoms with Gasteiger partial charge in [-0.05, 0) is 18.4 Å². The summed E-state index contributed by atoms with van der Waals surface area (Å²) in [4.78, 5) is 18.8. The van der Waals surface area contributed by atoms with E-state index in [0.29, 0.717) is 10.7 Å². The quantitative estimate of drug-likeness (QED) is 0.849. The summed E-state index contributed by atoms with van der Waals surface area (Å²) in [6.45, 7) is 8.32. The molecule has 1 N–H and O–H groups in total. The Kier molecular flexibility index (Phi) is 2.78. The average Bonchev–Trinajstić information content (AvgIpc) is 2.51. The van der Waals surface area contributed by atoms with Gasteiger partial charge in [-0.3, -0.25) is 9.55 Å². The summed E-state index contributed by atoms with van der Waals surface area (Å²) in [5.41, 5.74) is 1.18. The molecule has 0 saturated heterocycles. The third-order valence-electron chi connectivity index (χ3n) is 3.18. The van der Waals surface area contributed by atoms with E-state index in [1.54, 1.807) is 10.6 Å². The number of pyridine rings is 1. The minimum absolute atomic E-state index is 0.0126. The van der Waals surface area contributed by atoms with Crippen LogP contribution < -0.4 is 5.69 Å². The number of aromatic nitrogens is 3. The third kappa shape index (κ3) is 2.09. The average molecular weight is 254 g/mol. The topological polar surface area (TPSA) is 50.7 Å². The summed E-state index contributed by atoms with van der Waals surface area (Å²) in [5, 5.41) is 0.534. The van der Waals surface area contributed by atoms with Crippen LogP contribution in [0.4, 0.5) is 0 Å². The molecule has 2 aromatic rings. The lowest BCUT2D eigenvalue weighted by molar-refractivity contribution is 0.263. The number of nitrogens with one attached hydrogen (secondary N) is 1. The molecular weight excluding hydrogens is 238 g/mol. The second-order valence-corrected chi connectivity index (χ2v) is 5.80. The SMILES string of the molecule is CC(n1c(=O)[nH]c2ncc(Cl)cc21)C(C)(C)C. The molecule has 0 amide bonds. The standard InChI is InChI=1S/C12H16ClN3O/c1-7(12(2,3)4)16-9-5-8(13)6-14-10(9)15-11(16)17/h5-7H,1-4H3,(H,14,15,17). The lowest BCUT2D eigenvalue weighted by Crippen LogP contribution is -2.29. The van der Waals surface area contributed by atoms with Gasteiger partial charge in [0.25, 0.3) is 0 Å². The van der Waals surface area contributed by atoms with Gasteiger partial charge < -0.3 is 0 Å². The molecule has 1 atom stereocenters. The van der Waals surface area contributed by atoms with E-state index >= 15 is 0 Å². The second kappa shape index (κ2) is 3.88. The highest BCUT2D eigenvalue weighted by molar-refractivity contribution is 6.31. The summed E-state index contributed by atoms with van der Waals surface area (Å²) in [6.07, 6.45) is 1.53. The number of nitrogens with zero attached hydrogens (tertiary/aromatic N) is 2. The van der Waals surface area contributed by atoms with E-state index in [0.717, 1.165) is 5.52 Å². The molecule has 92 valence electrons. The molecule has 4 nitrogen and oxygen atoms in total. The first-order valence-corrected chi connectivity index (χ1v) is 5.94. The Bertz CT molecular complexity index is 606. The smallest absolute Gasteiger partial charge is 0.290 e. The van der Waals surface area contributed by atoms with Crippen LogP contribution in [0.25, 0.3) is 11.2 Å². The molecule has 0 aliphatic rings.